The highest BCUT2D eigenvalue weighted by Crippen LogP contribution is 2.20. The lowest BCUT2D eigenvalue weighted by molar-refractivity contribution is -0.140. The number of sulfonamides is 1. The summed E-state index contributed by atoms with van der Waals surface area (Å²) in [4.78, 5) is 27.5. The van der Waals surface area contributed by atoms with Gasteiger partial charge in [-0.3, -0.25) is 13.9 Å². The molecular formula is C23H30FN3O4S. The SMILES string of the molecule is CCNC(=O)[C@H](CC)N(Cc1ccc(C)cc1)C(=O)CN(c1ccc(F)cc1)S(C)(=O)=O. The number of carbonyl (C=O) groups is 2. The average Bonchev–Trinajstić information content (AvgIpc) is 2.73. The number of nitrogens with one attached hydrogen (secondary N) is 1. The third-order valence-electron chi connectivity index (χ3n) is 5.00. The standard InChI is InChI=1S/C23H30FN3O4S/c1-5-21(23(29)25-6-2)26(15-18-9-7-17(3)8-10-18)22(28)16-27(32(4,30)31)20-13-11-19(24)12-14-20/h7-14,21H,5-6,15-16H2,1-4H3,(H,25,29)/t21-/m0/s1. The van der Waals surface area contributed by atoms with Crippen LogP contribution in [0.5, 0.6) is 0 Å². The highest BCUT2D eigenvalue weighted by atomic mass is 32.2. The monoisotopic (exact) mass is 463 g/mol. The number of halogens is 1. The number of likely N-dealkylation sites (N-methyl/N-ethyl adjacent to an activating group) is 1. The second kappa shape index (κ2) is 11.1. The Morgan fingerprint density at radius 3 is 2.12 bits per heavy atom. The zero-order valence-corrected chi connectivity index (χ0v) is 19.7. The van der Waals surface area contributed by atoms with Crippen LogP contribution in [0.4, 0.5) is 10.1 Å². The van der Waals surface area contributed by atoms with Crippen LogP contribution >= 0.6 is 0 Å². The molecule has 2 rings (SSSR count). The Balaban J connectivity index is 2.40. The van der Waals surface area contributed by atoms with Crippen molar-refractivity contribution in [2.45, 2.75) is 39.8 Å². The van der Waals surface area contributed by atoms with E-state index in [4.69, 9.17) is 0 Å². The van der Waals surface area contributed by atoms with Crippen molar-refractivity contribution in [2.75, 3.05) is 23.7 Å². The Labute approximate surface area is 189 Å². The van der Waals surface area contributed by atoms with Crippen LogP contribution in [0.3, 0.4) is 0 Å². The van der Waals surface area contributed by atoms with Crippen LogP contribution in [0, 0.1) is 12.7 Å². The maximum absolute atomic E-state index is 13.4. The van der Waals surface area contributed by atoms with E-state index in [0.717, 1.165) is 33.8 Å². The number of amides is 2. The second-order valence-corrected chi connectivity index (χ2v) is 9.48. The lowest BCUT2D eigenvalue weighted by Crippen LogP contribution is -2.52. The molecule has 0 spiro atoms. The van der Waals surface area contributed by atoms with Gasteiger partial charge in [-0.2, -0.15) is 0 Å². The molecule has 0 unspecified atom stereocenters. The number of hydrogen-bond donors (Lipinski definition) is 1. The number of rotatable bonds is 10. The molecule has 0 bridgehead atoms. The fourth-order valence-electron chi connectivity index (χ4n) is 3.32. The first-order valence-electron chi connectivity index (χ1n) is 10.4. The zero-order chi connectivity index (χ0) is 23.9. The van der Waals surface area contributed by atoms with Gasteiger partial charge in [0.25, 0.3) is 0 Å². The van der Waals surface area contributed by atoms with Crippen LogP contribution in [0.1, 0.15) is 31.4 Å². The van der Waals surface area contributed by atoms with Gasteiger partial charge in [-0.25, -0.2) is 12.8 Å². The minimum atomic E-state index is -3.84. The van der Waals surface area contributed by atoms with Crippen LogP contribution in [-0.4, -0.2) is 50.5 Å². The number of carbonyl (C=O) groups excluding carboxylic acids is 2. The van der Waals surface area contributed by atoms with E-state index in [2.05, 4.69) is 5.32 Å². The quantitative estimate of drug-likeness (QED) is 0.587. The molecule has 0 aliphatic heterocycles. The Morgan fingerprint density at radius 1 is 1.03 bits per heavy atom. The third kappa shape index (κ3) is 6.78. The van der Waals surface area contributed by atoms with Gasteiger partial charge in [0.2, 0.25) is 21.8 Å². The fourth-order valence-corrected chi connectivity index (χ4v) is 4.17. The summed E-state index contributed by atoms with van der Waals surface area (Å²) in [6.07, 6.45) is 1.34. The number of aryl methyl sites for hydroxylation is 1. The maximum Gasteiger partial charge on any atom is 0.244 e. The molecule has 0 saturated carbocycles. The molecule has 0 heterocycles. The zero-order valence-electron chi connectivity index (χ0n) is 18.8. The van der Waals surface area contributed by atoms with Gasteiger partial charge in [0, 0.05) is 13.1 Å². The van der Waals surface area contributed by atoms with Gasteiger partial charge in [0.15, 0.2) is 0 Å². The van der Waals surface area contributed by atoms with E-state index in [0.29, 0.717) is 13.0 Å². The minimum absolute atomic E-state index is 0.149. The van der Waals surface area contributed by atoms with Gasteiger partial charge in [-0.15, -0.1) is 0 Å². The summed E-state index contributed by atoms with van der Waals surface area (Å²) in [5, 5.41) is 2.74. The lowest BCUT2D eigenvalue weighted by Gasteiger charge is -2.32. The van der Waals surface area contributed by atoms with E-state index in [1.54, 1.807) is 13.8 Å². The molecule has 1 N–H and O–H groups in total. The molecule has 174 valence electrons. The first-order chi connectivity index (χ1) is 15.1. The van der Waals surface area contributed by atoms with E-state index in [9.17, 15) is 22.4 Å². The molecule has 0 radical (unpaired) electrons. The average molecular weight is 464 g/mol. The topological polar surface area (TPSA) is 86.8 Å². The largest absolute Gasteiger partial charge is 0.355 e. The first kappa shape index (κ1) is 25.3. The van der Waals surface area contributed by atoms with Crippen molar-refractivity contribution in [1.82, 2.24) is 10.2 Å². The van der Waals surface area contributed by atoms with E-state index in [1.807, 2.05) is 31.2 Å². The van der Waals surface area contributed by atoms with E-state index >= 15 is 0 Å². The van der Waals surface area contributed by atoms with E-state index < -0.39 is 34.3 Å². The van der Waals surface area contributed by atoms with Crippen molar-refractivity contribution >= 4 is 27.5 Å². The highest BCUT2D eigenvalue weighted by Gasteiger charge is 2.31. The number of benzene rings is 2. The Hall–Kier alpha value is -2.94. The number of anilines is 1. The lowest BCUT2D eigenvalue weighted by atomic mass is 10.1. The molecule has 2 aromatic carbocycles. The predicted octanol–water partition coefficient (Wildman–Crippen LogP) is 2.84. The summed E-state index contributed by atoms with van der Waals surface area (Å²) in [5.74, 6) is -1.35. The summed E-state index contributed by atoms with van der Waals surface area (Å²) in [6, 6.07) is 11.7. The van der Waals surface area contributed by atoms with E-state index in [-0.39, 0.29) is 18.1 Å². The highest BCUT2D eigenvalue weighted by molar-refractivity contribution is 7.92. The minimum Gasteiger partial charge on any atom is -0.355 e. The van der Waals surface area contributed by atoms with Crippen molar-refractivity contribution in [2.24, 2.45) is 0 Å². The summed E-state index contributed by atoms with van der Waals surface area (Å²) in [7, 11) is -3.84. The van der Waals surface area contributed by atoms with Crippen LogP contribution in [-0.2, 0) is 26.2 Å². The van der Waals surface area contributed by atoms with Crippen LogP contribution < -0.4 is 9.62 Å². The molecule has 9 heteroatoms. The third-order valence-corrected chi connectivity index (χ3v) is 6.14. The van der Waals surface area contributed by atoms with Crippen molar-refractivity contribution in [3.05, 3.63) is 65.5 Å². The molecule has 1 atom stereocenters. The van der Waals surface area contributed by atoms with Gasteiger partial charge < -0.3 is 10.2 Å². The normalized spacial score (nSPS) is 12.2. The van der Waals surface area contributed by atoms with Gasteiger partial charge in [-0.05, 0) is 50.1 Å². The van der Waals surface area contributed by atoms with Crippen molar-refractivity contribution in [1.29, 1.82) is 0 Å². The van der Waals surface area contributed by atoms with Crippen LogP contribution in [0.15, 0.2) is 48.5 Å². The Bertz CT molecular complexity index is 1020. The van der Waals surface area contributed by atoms with Gasteiger partial charge >= 0.3 is 0 Å². The summed E-state index contributed by atoms with van der Waals surface area (Å²) < 4.78 is 39.1. The number of hydrogen-bond acceptors (Lipinski definition) is 4. The molecule has 32 heavy (non-hydrogen) atoms. The van der Waals surface area contributed by atoms with Gasteiger partial charge in [0.05, 0.1) is 11.9 Å². The predicted molar refractivity (Wildman–Crippen MR) is 123 cm³/mol. The number of nitrogens with zero attached hydrogens (tertiary/aromatic N) is 2. The second-order valence-electron chi connectivity index (χ2n) is 7.57. The van der Waals surface area contributed by atoms with Crippen molar-refractivity contribution in [3.8, 4) is 0 Å². The van der Waals surface area contributed by atoms with Gasteiger partial charge in [-0.1, -0.05) is 36.8 Å². The van der Waals surface area contributed by atoms with Crippen LogP contribution in [0.25, 0.3) is 0 Å². The maximum atomic E-state index is 13.4. The van der Waals surface area contributed by atoms with Crippen molar-refractivity contribution < 1.29 is 22.4 Å². The summed E-state index contributed by atoms with van der Waals surface area (Å²) in [5.41, 5.74) is 2.05. The Morgan fingerprint density at radius 2 is 1.62 bits per heavy atom. The molecule has 0 aliphatic carbocycles. The molecule has 0 fully saturated rings. The summed E-state index contributed by atoms with van der Waals surface area (Å²) in [6.45, 7) is 5.58. The molecule has 7 nitrogen and oxygen atoms in total. The van der Waals surface area contributed by atoms with Crippen molar-refractivity contribution in [3.63, 3.8) is 0 Å². The molecule has 2 amide bonds. The molecule has 0 saturated heterocycles. The van der Waals surface area contributed by atoms with Gasteiger partial charge in [0.1, 0.15) is 18.4 Å². The Kier molecular flexibility index (Phi) is 8.77. The van der Waals surface area contributed by atoms with Crippen LogP contribution in [0.2, 0.25) is 0 Å². The molecular weight excluding hydrogens is 433 g/mol. The smallest absolute Gasteiger partial charge is 0.244 e. The molecule has 0 aromatic heterocycles. The van der Waals surface area contributed by atoms with E-state index in [1.165, 1.54) is 17.0 Å². The fraction of sp³-hybridized carbons (Fsp3) is 0.391. The molecule has 2 aromatic rings. The first-order valence-corrected chi connectivity index (χ1v) is 12.3. The summed E-state index contributed by atoms with van der Waals surface area (Å²) >= 11 is 0. The molecule has 0 aliphatic rings.